The molecule has 2 aromatic rings. The van der Waals surface area contributed by atoms with E-state index in [-0.39, 0.29) is 17.7 Å². The Morgan fingerprint density at radius 1 is 0.960 bits per heavy atom. The number of hydrogen-bond acceptors (Lipinski definition) is 4. The van der Waals surface area contributed by atoms with Gasteiger partial charge < -0.3 is 4.90 Å². The van der Waals surface area contributed by atoms with Gasteiger partial charge in [0.2, 0.25) is 0 Å². The van der Waals surface area contributed by atoms with Crippen LogP contribution in [0.3, 0.4) is 0 Å². The third-order valence-corrected chi connectivity index (χ3v) is 7.07. The number of nitrogens with zero attached hydrogens (tertiary/aromatic N) is 2. The number of rotatable bonds is 2. The van der Waals surface area contributed by atoms with Crippen molar-refractivity contribution in [3.05, 3.63) is 48.0 Å². The van der Waals surface area contributed by atoms with E-state index in [2.05, 4.69) is 4.90 Å². The quantitative estimate of drug-likeness (QED) is 0.821. The molecule has 0 bridgehead atoms. The molecule has 0 unspecified atom stereocenters. The topological polar surface area (TPSA) is 57.7 Å². The molecule has 2 aliphatic heterocycles. The minimum Gasteiger partial charge on any atom is -0.336 e. The first-order chi connectivity index (χ1) is 12.0. The standard InChI is InChI=1S/C19H22N2O3S/c22-19(17-6-5-15-3-1-2-4-16(15)13-17)21-10-8-20(9-11-21)18-7-12-25(23,24)14-18/h1-6,13,18H,7-12,14H2/t18-/m0/s1. The second kappa shape index (κ2) is 6.42. The predicted molar refractivity (Wildman–Crippen MR) is 98.5 cm³/mol. The molecule has 2 fully saturated rings. The molecule has 0 radical (unpaired) electrons. The lowest BCUT2D eigenvalue weighted by Crippen LogP contribution is -2.52. The molecule has 0 N–H and O–H groups in total. The van der Waals surface area contributed by atoms with Gasteiger partial charge in [-0.25, -0.2) is 8.42 Å². The SMILES string of the molecule is O=C(c1ccc2ccccc2c1)N1CCN([C@H]2CCS(=O)(=O)C2)CC1. The second-order valence-electron chi connectivity index (χ2n) is 6.95. The zero-order valence-electron chi connectivity index (χ0n) is 14.1. The number of carbonyl (C=O) groups excluding carboxylic acids is 1. The zero-order valence-corrected chi connectivity index (χ0v) is 14.9. The number of sulfone groups is 1. The zero-order chi connectivity index (χ0) is 17.4. The van der Waals surface area contributed by atoms with Crippen LogP contribution in [-0.4, -0.2) is 67.9 Å². The number of amides is 1. The van der Waals surface area contributed by atoms with Crippen LogP contribution in [0.2, 0.25) is 0 Å². The van der Waals surface area contributed by atoms with Crippen molar-refractivity contribution in [1.82, 2.24) is 9.80 Å². The molecular weight excluding hydrogens is 336 g/mol. The van der Waals surface area contributed by atoms with Crippen molar-refractivity contribution in [1.29, 1.82) is 0 Å². The van der Waals surface area contributed by atoms with Gasteiger partial charge in [0.05, 0.1) is 11.5 Å². The molecule has 25 heavy (non-hydrogen) atoms. The third-order valence-electron chi connectivity index (χ3n) is 5.32. The van der Waals surface area contributed by atoms with E-state index in [1.54, 1.807) is 0 Å². The fraction of sp³-hybridized carbons (Fsp3) is 0.421. The molecular formula is C19H22N2O3S. The molecule has 1 amide bonds. The van der Waals surface area contributed by atoms with Gasteiger partial charge in [-0.3, -0.25) is 9.69 Å². The van der Waals surface area contributed by atoms with E-state index in [0.717, 1.165) is 35.8 Å². The third kappa shape index (κ3) is 3.41. The van der Waals surface area contributed by atoms with Crippen LogP contribution in [0, 0.1) is 0 Å². The number of fused-ring (bicyclic) bond motifs is 1. The highest BCUT2D eigenvalue weighted by Crippen LogP contribution is 2.21. The summed E-state index contributed by atoms with van der Waals surface area (Å²) in [6, 6.07) is 14.0. The average Bonchev–Trinajstić information content (AvgIpc) is 3.01. The summed E-state index contributed by atoms with van der Waals surface area (Å²) in [6.07, 6.45) is 0.723. The van der Waals surface area contributed by atoms with Crippen LogP contribution < -0.4 is 0 Å². The van der Waals surface area contributed by atoms with E-state index in [1.807, 2.05) is 47.4 Å². The van der Waals surface area contributed by atoms with Gasteiger partial charge in [0.1, 0.15) is 0 Å². The molecule has 4 rings (SSSR count). The van der Waals surface area contributed by atoms with Crippen LogP contribution in [0.25, 0.3) is 10.8 Å². The first-order valence-electron chi connectivity index (χ1n) is 8.74. The molecule has 0 aromatic heterocycles. The maximum atomic E-state index is 12.8. The van der Waals surface area contributed by atoms with Crippen LogP contribution in [0.1, 0.15) is 16.8 Å². The molecule has 2 heterocycles. The molecule has 2 aliphatic rings. The summed E-state index contributed by atoms with van der Waals surface area (Å²) < 4.78 is 23.3. The lowest BCUT2D eigenvalue weighted by atomic mass is 10.1. The van der Waals surface area contributed by atoms with Gasteiger partial charge in [0, 0.05) is 37.8 Å². The first kappa shape index (κ1) is 16.5. The van der Waals surface area contributed by atoms with Crippen molar-refractivity contribution in [3.8, 4) is 0 Å². The Balaban J connectivity index is 1.42. The Hall–Kier alpha value is -1.92. The van der Waals surface area contributed by atoms with Gasteiger partial charge in [0.15, 0.2) is 9.84 Å². The summed E-state index contributed by atoms with van der Waals surface area (Å²) in [5.41, 5.74) is 0.718. The number of benzene rings is 2. The highest BCUT2D eigenvalue weighted by Gasteiger charge is 2.34. The number of piperazine rings is 1. The minimum atomic E-state index is -2.86. The summed E-state index contributed by atoms with van der Waals surface area (Å²) in [6.45, 7) is 2.81. The molecule has 0 saturated carbocycles. The molecule has 0 aliphatic carbocycles. The smallest absolute Gasteiger partial charge is 0.253 e. The molecule has 6 heteroatoms. The Bertz CT molecular complexity index is 902. The van der Waals surface area contributed by atoms with Crippen molar-refractivity contribution in [2.75, 3.05) is 37.7 Å². The first-order valence-corrected chi connectivity index (χ1v) is 10.6. The van der Waals surface area contributed by atoms with Gasteiger partial charge in [-0.15, -0.1) is 0 Å². The Morgan fingerprint density at radius 2 is 1.68 bits per heavy atom. The second-order valence-corrected chi connectivity index (χ2v) is 9.18. The van der Waals surface area contributed by atoms with E-state index < -0.39 is 9.84 Å². The van der Waals surface area contributed by atoms with Gasteiger partial charge >= 0.3 is 0 Å². The molecule has 1 atom stereocenters. The Kier molecular flexibility index (Phi) is 4.25. The van der Waals surface area contributed by atoms with Crippen LogP contribution >= 0.6 is 0 Å². The highest BCUT2D eigenvalue weighted by molar-refractivity contribution is 7.91. The van der Waals surface area contributed by atoms with Gasteiger partial charge in [0.25, 0.3) is 5.91 Å². The van der Waals surface area contributed by atoms with Crippen LogP contribution in [-0.2, 0) is 9.84 Å². The monoisotopic (exact) mass is 358 g/mol. The van der Waals surface area contributed by atoms with E-state index in [9.17, 15) is 13.2 Å². The summed E-state index contributed by atoms with van der Waals surface area (Å²) >= 11 is 0. The van der Waals surface area contributed by atoms with Gasteiger partial charge in [-0.2, -0.15) is 0 Å². The Labute approximate surface area is 148 Å². The molecule has 5 nitrogen and oxygen atoms in total. The van der Waals surface area contributed by atoms with Crippen LogP contribution in [0.5, 0.6) is 0 Å². The van der Waals surface area contributed by atoms with Crippen molar-refractivity contribution >= 4 is 26.5 Å². The number of hydrogen-bond donors (Lipinski definition) is 0. The van der Waals surface area contributed by atoms with Crippen LogP contribution in [0.4, 0.5) is 0 Å². The van der Waals surface area contributed by atoms with E-state index in [1.165, 1.54) is 0 Å². The van der Waals surface area contributed by atoms with Crippen molar-refractivity contribution in [3.63, 3.8) is 0 Å². The highest BCUT2D eigenvalue weighted by atomic mass is 32.2. The normalized spacial score (nSPS) is 23.8. The fourth-order valence-corrected chi connectivity index (χ4v) is 5.62. The van der Waals surface area contributed by atoms with Gasteiger partial charge in [-0.05, 0) is 29.3 Å². The van der Waals surface area contributed by atoms with E-state index >= 15 is 0 Å². The predicted octanol–water partition coefficient (Wildman–Crippen LogP) is 1.78. The molecule has 0 spiro atoms. The van der Waals surface area contributed by atoms with E-state index in [4.69, 9.17) is 0 Å². The minimum absolute atomic E-state index is 0.0597. The largest absolute Gasteiger partial charge is 0.336 e. The molecule has 2 aromatic carbocycles. The van der Waals surface area contributed by atoms with Crippen molar-refractivity contribution in [2.24, 2.45) is 0 Å². The molecule has 2 saturated heterocycles. The Morgan fingerprint density at radius 3 is 2.36 bits per heavy atom. The van der Waals surface area contributed by atoms with Crippen LogP contribution in [0.15, 0.2) is 42.5 Å². The summed E-state index contributed by atoms with van der Waals surface area (Å²) in [5.74, 6) is 0.629. The van der Waals surface area contributed by atoms with Crippen molar-refractivity contribution in [2.45, 2.75) is 12.5 Å². The average molecular weight is 358 g/mol. The summed E-state index contributed by atoms with van der Waals surface area (Å²) in [5, 5.41) is 2.20. The lowest BCUT2D eigenvalue weighted by molar-refractivity contribution is 0.0588. The fourth-order valence-electron chi connectivity index (χ4n) is 3.86. The van der Waals surface area contributed by atoms with Gasteiger partial charge in [-0.1, -0.05) is 30.3 Å². The maximum absolute atomic E-state index is 12.8. The number of carbonyl (C=O) groups is 1. The van der Waals surface area contributed by atoms with Crippen molar-refractivity contribution < 1.29 is 13.2 Å². The summed E-state index contributed by atoms with van der Waals surface area (Å²) in [4.78, 5) is 16.9. The summed E-state index contributed by atoms with van der Waals surface area (Å²) in [7, 11) is -2.86. The van der Waals surface area contributed by atoms with E-state index in [0.29, 0.717) is 18.8 Å². The lowest BCUT2D eigenvalue weighted by Gasteiger charge is -2.37. The maximum Gasteiger partial charge on any atom is 0.253 e. The molecule has 132 valence electrons.